The van der Waals surface area contributed by atoms with E-state index in [0.717, 1.165) is 17.7 Å². The smallest absolute Gasteiger partial charge is 0.271 e. The summed E-state index contributed by atoms with van der Waals surface area (Å²) in [5, 5.41) is 19.8. The van der Waals surface area contributed by atoms with Crippen molar-refractivity contribution >= 4 is 39.9 Å². The lowest BCUT2D eigenvalue weighted by atomic mass is 10.2. The summed E-state index contributed by atoms with van der Waals surface area (Å²) in [4.78, 5) is 24.8. The zero-order chi connectivity index (χ0) is 19.0. The zero-order valence-electron chi connectivity index (χ0n) is 14.3. The maximum Gasteiger partial charge on any atom is 0.271 e. The Kier molecular flexibility index (Phi) is 4.41. The summed E-state index contributed by atoms with van der Waals surface area (Å²) in [7, 11) is 0. The van der Waals surface area contributed by atoms with E-state index in [9.17, 15) is 14.9 Å². The largest absolute Gasteiger partial charge is 0.353 e. The van der Waals surface area contributed by atoms with Crippen LogP contribution < -0.4 is 10.2 Å². The number of carbonyl (C=O) groups is 1. The Bertz CT molecular complexity index is 1030. The van der Waals surface area contributed by atoms with E-state index in [-0.39, 0.29) is 11.6 Å². The van der Waals surface area contributed by atoms with Gasteiger partial charge < -0.3 is 10.2 Å². The first-order valence-electron chi connectivity index (χ1n) is 8.46. The maximum atomic E-state index is 12.2. The van der Waals surface area contributed by atoms with Crippen molar-refractivity contribution in [1.82, 2.24) is 15.1 Å². The van der Waals surface area contributed by atoms with Crippen molar-refractivity contribution in [3.8, 4) is 0 Å². The van der Waals surface area contributed by atoms with Gasteiger partial charge >= 0.3 is 0 Å². The number of carbonyl (C=O) groups excluding carboxylic acids is 1. The Hall–Kier alpha value is -3.13. The van der Waals surface area contributed by atoms with E-state index in [1.54, 1.807) is 30.3 Å². The molecule has 1 aliphatic rings. The number of nitrogens with zero attached hydrogens (tertiary/aromatic N) is 4. The third-order valence-corrected chi connectivity index (χ3v) is 4.81. The predicted molar refractivity (Wildman–Crippen MR) is 102 cm³/mol. The van der Waals surface area contributed by atoms with Gasteiger partial charge in [-0.3, -0.25) is 14.9 Å². The Morgan fingerprint density at radius 2 is 2.00 bits per heavy atom. The molecule has 4 rings (SSSR count). The van der Waals surface area contributed by atoms with Crippen LogP contribution in [0.4, 0.5) is 11.5 Å². The number of benzene rings is 2. The summed E-state index contributed by atoms with van der Waals surface area (Å²) in [6.45, 7) is 2.59. The van der Waals surface area contributed by atoms with Gasteiger partial charge in [0.05, 0.1) is 11.5 Å². The Balaban J connectivity index is 1.45. The van der Waals surface area contributed by atoms with Crippen molar-refractivity contribution in [1.29, 1.82) is 0 Å². The molecule has 1 aromatic heterocycles. The molecule has 2 heterocycles. The van der Waals surface area contributed by atoms with Crippen LogP contribution in [-0.4, -0.2) is 40.2 Å². The van der Waals surface area contributed by atoms with Gasteiger partial charge in [0.2, 0.25) is 0 Å². The third kappa shape index (κ3) is 3.31. The fourth-order valence-corrected chi connectivity index (χ4v) is 3.38. The van der Waals surface area contributed by atoms with Crippen LogP contribution in [0.5, 0.6) is 0 Å². The number of hydrogen-bond acceptors (Lipinski definition) is 5. The van der Waals surface area contributed by atoms with Crippen molar-refractivity contribution in [3.63, 3.8) is 0 Å². The Labute approximate surface area is 159 Å². The molecule has 8 nitrogen and oxygen atoms in total. The minimum Gasteiger partial charge on any atom is -0.353 e. The van der Waals surface area contributed by atoms with Gasteiger partial charge in [-0.2, -0.15) is 5.10 Å². The normalized spacial score (nSPS) is 13.0. The molecule has 0 unspecified atom stereocenters. The Morgan fingerprint density at radius 3 is 2.74 bits per heavy atom. The molecule has 3 aromatic rings. The van der Waals surface area contributed by atoms with Crippen LogP contribution in [-0.2, 0) is 6.54 Å². The highest BCUT2D eigenvalue weighted by molar-refractivity contribution is 6.30. The molecule has 0 atom stereocenters. The quantitative estimate of drug-likeness (QED) is 0.538. The molecule has 0 saturated carbocycles. The molecule has 0 radical (unpaired) electrons. The number of halogens is 1. The number of nitro groups is 1. The Morgan fingerprint density at radius 1 is 1.22 bits per heavy atom. The summed E-state index contributed by atoms with van der Waals surface area (Å²) in [6.07, 6.45) is 0. The number of hydrogen-bond donors (Lipinski definition) is 1. The van der Waals surface area contributed by atoms with E-state index < -0.39 is 4.92 Å². The van der Waals surface area contributed by atoms with Gasteiger partial charge in [0.15, 0.2) is 0 Å². The van der Waals surface area contributed by atoms with Crippen LogP contribution in [0.3, 0.4) is 0 Å². The lowest BCUT2D eigenvalue weighted by molar-refractivity contribution is -0.384. The molecule has 9 heteroatoms. The lowest BCUT2D eigenvalue weighted by Crippen LogP contribution is -2.34. The summed E-state index contributed by atoms with van der Waals surface area (Å²) in [6, 6.07) is 11.4. The van der Waals surface area contributed by atoms with Crippen LogP contribution >= 0.6 is 11.6 Å². The lowest BCUT2D eigenvalue weighted by Gasteiger charge is -2.18. The molecule has 1 amide bonds. The minimum absolute atomic E-state index is 0.0288. The topological polar surface area (TPSA) is 93.3 Å². The fraction of sp³-hybridized carbons (Fsp3) is 0.222. The number of nitrogens with one attached hydrogen (secondary N) is 1. The molecule has 0 aliphatic carbocycles. The first-order valence-corrected chi connectivity index (χ1v) is 8.84. The van der Waals surface area contributed by atoms with Crippen molar-refractivity contribution in [2.45, 2.75) is 6.54 Å². The number of amides is 1. The number of non-ortho nitro benzene ring substituents is 1. The van der Waals surface area contributed by atoms with E-state index in [0.29, 0.717) is 35.7 Å². The zero-order valence-corrected chi connectivity index (χ0v) is 15.0. The van der Waals surface area contributed by atoms with Gasteiger partial charge in [-0.1, -0.05) is 11.6 Å². The average molecular weight is 386 g/mol. The highest BCUT2D eigenvalue weighted by Gasteiger charge is 2.24. The average Bonchev–Trinajstić information content (AvgIpc) is 3.21. The third-order valence-electron chi connectivity index (χ3n) is 4.56. The molecule has 1 aliphatic heterocycles. The van der Waals surface area contributed by atoms with Gasteiger partial charge in [-0.05, 0) is 30.3 Å². The molecular weight excluding hydrogens is 370 g/mol. The summed E-state index contributed by atoms with van der Waals surface area (Å²) >= 11 is 5.83. The molecule has 27 heavy (non-hydrogen) atoms. The summed E-state index contributed by atoms with van der Waals surface area (Å²) in [5.74, 6) is 0.778. The first kappa shape index (κ1) is 17.3. The van der Waals surface area contributed by atoms with Crippen LogP contribution in [0.2, 0.25) is 5.02 Å². The van der Waals surface area contributed by atoms with E-state index in [2.05, 4.69) is 15.3 Å². The number of fused-ring (bicyclic) bond motifs is 3. The van der Waals surface area contributed by atoms with E-state index >= 15 is 0 Å². The van der Waals surface area contributed by atoms with Crippen LogP contribution in [0.25, 0.3) is 10.9 Å². The molecule has 1 N–H and O–H groups in total. The molecule has 0 bridgehead atoms. The summed E-state index contributed by atoms with van der Waals surface area (Å²) in [5.41, 5.74) is 1.19. The van der Waals surface area contributed by atoms with Crippen LogP contribution in [0, 0.1) is 10.1 Å². The van der Waals surface area contributed by atoms with Crippen molar-refractivity contribution in [3.05, 3.63) is 63.2 Å². The predicted octanol–water partition coefficient (Wildman–Crippen LogP) is 2.85. The second-order valence-corrected chi connectivity index (χ2v) is 6.69. The van der Waals surface area contributed by atoms with Gasteiger partial charge in [0.25, 0.3) is 11.6 Å². The number of anilines is 1. The number of aromatic nitrogens is 2. The van der Waals surface area contributed by atoms with Gasteiger partial charge in [-0.25, -0.2) is 4.68 Å². The molecule has 0 fully saturated rings. The minimum atomic E-state index is -0.423. The van der Waals surface area contributed by atoms with E-state index in [4.69, 9.17) is 11.6 Å². The van der Waals surface area contributed by atoms with Gasteiger partial charge in [0, 0.05) is 47.7 Å². The van der Waals surface area contributed by atoms with Gasteiger partial charge in [0.1, 0.15) is 11.3 Å². The SMILES string of the molecule is O=C(NCCN1CCn2nc3cc([N+](=O)[O-])ccc3c21)c1ccc(Cl)cc1. The molecular formula is C18H16ClN5O3. The molecule has 0 spiro atoms. The highest BCUT2D eigenvalue weighted by atomic mass is 35.5. The van der Waals surface area contributed by atoms with Crippen molar-refractivity contribution in [2.24, 2.45) is 0 Å². The second kappa shape index (κ2) is 6.88. The standard InChI is InChI=1S/C18H16ClN5O3/c19-13-3-1-12(2-4-13)17(25)20-7-8-22-9-10-23-18(22)15-6-5-14(24(26)27)11-16(15)21-23/h1-6,11H,7-10H2,(H,20,25). The molecule has 2 aromatic carbocycles. The van der Waals surface area contributed by atoms with Crippen molar-refractivity contribution < 1.29 is 9.72 Å². The first-order chi connectivity index (χ1) is 13.0. The van der Waals surface area contributed by atoms with Crippen LogP contribution in [0.1, 0.15) is 10.4 Å². The summed E-state index contributed by atoms with van der Waals surface area (Å²) < 4.78 is 1.86. The molecule has 138 valence electrons. The monoisotopic (exact) mass is 385 g/mol. The second-order valence-electron chi connectivity index (χ2n) is 6.26. The number of rotatable bonds is 5. The van der Waals surface area contributed by atoms with Crippen LogP contribution in [0.15, 0.2) is 42.5 Å². The van der Waals surface area contributed by atoms with E-state index in [1.807, 2.05) is 4.68 Å². The van der Waals surface area contributed by atoms with Crippen molar-refractivity contribution in [2.75, 3.05) is 24.5 Å². The van der Waals surface area contributed by atoms with E-state index in [1.165, 1.54) is 12.1 Å². The fourth-order valence-electron chi connectivity index (χ4n) is 3.26. The maximum absolute atomic E-state index is 12.2. The highest BCUT2D eigenvalue weighted by Crippen LogP contribution is 2.32. The van der Waals surface area contributed by atoms with Gasteiger partial charge in [-0.15, -0.1) is 0 Å². The molecule has 0 saturated heterocycles. The number of nitro benzene ring substituents is 1.